The molecule has 1 aromatic rings. The third kappa shape index (κ3) is 4.31. The fraction of sp³-hybridized carbons (Fsp3) is 0.500. The molecular formula is C14H20O5. The molecule has 0 aliphatic heterocycles. The van der Waals surface area contributed by atoms with Crippen LogP contribution >= 0.6 is 0 Å². The van der Waals surface area contributed by atoms with Crippen LogP contribution in [0.3, 0.4) is 0 Å². The zero-order valence-electron chi connectivity index (χ0n) is 11.0. The minimum absolute atomic E-state index is 0.0465. The first-order chi connectivity index (χ1) is 9.11. The smallest absolute Gasteiger partial charge is 0.338 e. The van der Waals surface area contributed by atoms with Crippen molar-refractivity contribution in [2.24, 2.45) is 0 Å². The van der Waals surface area contributed by atoms with E-state index in [0.29, 0.717) is 18.4 Å². The average molecular weight is 268 g/mol. The highest BCUT2D eigenvalue weighted by Gasteiger charge is 2.28. The van der Waals surface area contributed by atoms with E-state index in [1.54, 1.807) is 31.2 Å². The maximum absolute atomic E-state index is 11.4. The summed E-state index contributed by atoms with van der Waals surface area (Å²) in [7, 11) is 0. The minimum atomic E-state index is -1.60. The predicted octanol–water partition coefficient (Wildman–Crippen LogP) is 0.569. The van der Waals surface area contributed by atoms with Gasteiger partial charge in [-0.05, 0) is 30.9 Å². The molecule has 0 saturated heterocycles. The van der Waals surface area contributed by atoms with E-state index >= 15 is 0 Å². The summed E-state index contributed by atoms with van der Waals surface area (Å²) in [5.74, 6) is -0.841. The van der Waals surface area contributed by atoms with Crippen LogP contribution < -0.4 is 0 Å². The van der Waals surface area contributed by atoms with Crippen LogP contribution in [-0.4, -0.2) is 40.6 Å². The number of aliphatic hydroxyl groups is 3. The van der Waals surface area contributed by atoms with E-state index in [2.05, 4.69) is 4.74 Å². The molecule has 1 aromatic carbocycles. The van der Waals surface area contributed by atoms with Crippen molar-refractivity contribution in [2.45, 2.75) is 32.0 Å². The van der Waals surface area contributed by atoms with E-state index in [9.17, 15) is 15.0 Å². The third-order valence-corrected chi connectivity index (χ3v) is 2.81. The van der Waals surface area contributed by atoms with Gasteiger partial charge in [-0.3, -0.25) is 0 Å². The molecule has 1 rings (SSSR count). The Bertz CT molecular complexity index is 405. The molecule has 0 aliphatic carbocycles. The van der Waals surface area contributed by atoms with Crippen molar-refractivity contribution in [3.8, 4) is 0 Å². The minimum Gasteiger partial charge on any atom is -0.464 e. The highest BCUT2D eigenvalue weighted by atomic mass is 16.5. The fourth-order valence-electron chi connectivity index (χ4n) is 1.85. The van der Waals surface area contributed by atoms with E-state index in [0.717, 1.165) is 5.56 Å². The van der Waals surface area contributed by atoms with Gasteiger partial charge in [0.15, 0.2) is 6.10 Å². The van der Waals surface area contributed by atoms with Gasteiger partial charge < -0.3 is 20.1 Å². The number of carbonyl (C=O) groups is 1. The molecule has 0 aliphatic rings. The maximum Gasteiger partial charge on any atom is 0.338 e. The van der Waals surface area contributed by atoms with Crippen molar-refractivity contribution in [3.63, 3.8) is 0 Å². The summed E-state index contributed by atoms with van der Waals surface area (Å²) in [6.07, 6.45) is -1.80. The lowest BCUT2D eigenvalue weighted by molar-refractivity contribution is -0.159. The normalized spacial score (nSPS) is 13.9. The zero-order chi connectivity index (χ0) is 14.3. The second kappa shape index (κ2) is 7.89. The standard InChI is InChI=1S/C14H20O5/c1-2-19-14(18)13(17)12(16)11-8-4-3-6-10(11)7-5-9-15/h3-4,6,8,12-13,15-17H,2,5,7,9H2,1H3. The average Bonchev–Trinajstić information content (AvgIpc) is 2.44. The number of aliphatic hydroxyl groups excluding tert-OH is 3. The molecule has 0 bridgehead atoms. The Kier molecular flexibility index (Phi) is 6.49. The monoisotopic (exact) mass is 268 g/mol. The molecule has 106 valence electrons. The summed E-state index contributed by atoms with van der Waals surface area (Å²) >= 11 is 0. The Morgan fingerprint density at radius 2 is 2.00 bits per heavy atom. The highest BCUT2D eigenvalue weighted by Crippen LogP contribution is 2.23. The van der Waals surface area contributed by atoms with Crippen molar-refractivity contribution in [1.82, 2.24) is 0 Å². The lowest BCUT2D eigenvalue weighted by atomic mass is 9.96. The van der Waals surface area contributed by atoms with Gasteiger partial charge in [0.05, 0.1) is 6.61 Å². The number of esters is 1. The molecule has 0 aromatic heterocycles. The number of carbonyl (C=O) groups excluding carboxylic acids is 1. The van der Waals surface area contributed by atoms with Gasteiger partial charge in [-0.15, -0.1) is 0 Å². The molecule has 19 heavy (non-hydrogen) atoms. The first-order valence-electron chi connectivity index (χ1n) is 6.33. The number of rotatable bonds is 7. The third-order valence-electron chi connectivity index (χ3n) is 2.81. The lowest BCUT2D eigenvalue weighted by Crippen LogP contribution is -2.30. The van der Waals surface area contributed by atoms with Crippen LogP contribution in [0.1, 0.15) is 30.6 Å². The molecular weight excluding hydrogens is 248 g/mol. The van der Waals surface area contributed by atoms with E-state index in [-0.39, 0.29) is 13.2 Å². The molecule has 0 fully saturated rings. The number of aryl methyl sites for hydroxylation is 1. The van der Waals surface area contributed by atoms with Crippen molar-refractivity contribution in [3.05, 3.63) is 35.4 Å². The highest BCUT2D eigenvalue weighted by molar-refractivity contribution is 5.75. The molecule has 0 saturated carbocycles. The summed E-state index contributed by atoms with van der Waals surface area (Å²) in [5, 5.41) is 28.6. The van der Waals surface area contributed by atoms with E-state index in [1.165, 1.54) is 0 Å². The van der Waals surface area contributed by atoms with Crippen LogP contribution in [0.5, 0.6) is 0 Å². The fourth-order valence-corrected chi connectivity index (χ4v) is 1.85. The molecule has 3 N–H and O–H groups in total. The van der Waals surface area contributed by atoms with Gasteiger partial charge in [0.25, 0.3) is 0 Å². The molecule has 0 spiro atoms. The van der Waals surface area contributed by atoms with Crippen LogP contribution in [0.2, 0.25) is 0 Å². The van der Waals surface area contributed by atoms with Gasteiger partial charge in [0.1, 0.15) is 6.10 Å². The molecule has 0 heterocycles. The van der Waals surface area contributed by atoms with Crippen molar-refractivity contribution < 1.29 is 24.9 Å². The summed E-state index contributed by atoms with van der Waals surface area (Å²) < 4.78 is 4.68. The van der Waals surface area contributed by atoms with Crippen LogP contribution in [0.25, 0.3) is 0 Å². The van der Waals surface area contributed by atoms with Crippen LogP contribution in [0.15, 0.2) is 24.3 Å². The summed E-state index contributed by atoms with van der Waals surface area (Å²) in [4.78, 5) is 11.4. The summed E-state index contributed by atoms with van der Waals surface area (Å²) in [6, 6.07) is 6.98. The SMILES string of the molecule is CCOC(=O)C(O)C(O)c1ccccc1CCCO. The van der Waals surface area contributed by atoms with Crippen molar-refractivity contribution in [1.29, 1.82) is 0 Å². The molecule has 5 nitrogen and oxygen atoms in total. The van der Waals surface area contributed by atoms with Crippen LogP contribution in [0.4, 0.5) is 0 Å². The number of hydrogen-bond acceptors (Lipinski definition) is 5. The Morgan fingerprint density at radius 3 is 2.63 bits per heavy atom. The quantitative estimate of drug-likeness (QED) is 0.629. The largest absolute Gasteiger partial charge is 0.464 e. The summed E-state index contributed by atoms with van der Waals surface area (Å²) in [6.45, 7) is 1.83. The van der Waals surface area contributed by atoms with Gasteiger partial charge in [0.2, 0.25) is 0 Å². The van der Waals surface area contributed by atoms with Crippen LogP contribution in [-0.2, 0) is 16.0 Å². The first kappa shape index (κ1) is 15.6. The lowest BCUT2D eigenvalue weighted by Gasteiger charge is -2.19. The second-order valence-electron chi connectivity index (χ2n) is 4.17. The Morgan fingerprint density at radius 1 is 1.32 bits per heavy atom. The Labute approximate surface area is 112 Å². The van der Waals surface area contributed by atoms with Crippen molar-refractivity contribution in [2.75, 3.05) is 13.2 Å². The number of ether oxygens (including phenoxy) is 1. The molecule has 2 unspecified atom stereocenters. The van der Waals surface area contributed by atoms with Gasteiger partial charge in [-0.2, -0.15) is 0 Å². The van der Waals surface area contributed by atoms with Crippen LogP contribution in [0, 0.1) is 0 Å². The number of hydrogen-bond donors (Lipinski definition) is 3. The Hall–Kier alpha value is -1.43. The maximum atomic E-state index is 11.4. The second-order valence-corrected chi connectivity index (χ2v) is 4.17. The Balaban J connectivity index is 2.85. The summed E-state index contributed by atoms with van der Waals surface area (Å²) in [5.41, 5.74) is 1.28. The van der Waals surface area contributed by atoms with Gasteiger partial charge in [-0.25, -0.2) is 4.79 Å². The first-order valence-corrected chi connectivity index (χ1v) is 6.33. The van der Waals surface area contributed by atoms with Gasteiger partial charge >= 0.3 is 5.97 Å². The number of benzene rings is 1. The van der Waals surface area contributed by atoms with Gasteiger partial charge in [0, 0.05) is 6.61 Å². The van der Waals surface area contributed by atoms with Gasteiger partial charge in [-0.1, -0.05) is 24.3 Å². The van der Waals surface area contributed by atoms with E-state index in [4.69, 9.17) is 5.11 Å². The van der Waals surface area contributed by atoms with E-state index < -0.39 is 18.2 Å². The van der Waals surface area contributed by atoms with E-state index in [1.807, 2.05) is 0 Å². The molecule has 5 heteroatoms. The molecule has 0 radical (unpaired) electrons. The predicted molar refractivity (Wildman–Crippen MR) is 69.4 cm³/mol. The molecule has 0 amide bonds. The molecule has 2 atom stereocenters. The topological polar surface area (TPSA) is 87.0 Å². The van der Waals surface area contributed by atoms with Crippen molar-refractivity contribution >= 4 is 5.97 Å². The zero-order valence-corrected chi connectivity index (χ0v) is 11.0.